The number of aromatic nitrogens is 5. The molecule has 0 amide bonds. The number of nitrogens with zero attached hydrogens (tertiary/aromatic N) is 4. The average molecular weight is 440 g/mol. The molecule has 0 bridgehead atoms. The Morgan fingerprint density at radius 2 is 1.91 bits per heavy atom. The van der Waals surface area contributed by atoms with Gasteiger partial charge in [0.15, 0.2) is 0 Å². The summed E-state index contributed by atoms with van der Waals surface area (Å²) in [5.41, 5.74) is 11.3. The summed E-state index contributed by atoms with van der Waals surface area (Å²) in [5.74, 6) is 2.64. The van der Waals surface area contributed by atoms with Gasteiger partial charge in [-0.2, -0.15) is 0 Å². The third-order valence-corrected chi connectivity index (χ3v) is 6.66. The molecular weight excluding hydrogens is 414 g/mol. The van der Waals surface area contributed by atoms with Crippen molar-refractivity contribution in [2.24, 2.45) is 5.73 Å². The molecule has 0 aliphatic carbocycles. The number of rotatable bonds is 4. The predicted molar refractivity (Wildman–Crippen MR) is 129 cm³/mol. The Labute approximate surface area is 190 Å². The Hall–Kier alpha value is -3.91. The normalized spacial score (nSPS) is 15.9. The number of nitrogens with one attached hydrogen (secondary N) is 2. The van der Waals surface area contributed by atoms with Crippen molar-refractivity contribution in [1.82, 2.24) is 24.9 Å². The Kier molecular flexibility index (Phi) is 4.55. The van der Waals surface area contributed by atoms with Crippen LogP contribution in [-0.4, -0.2) is 45.1 Å². The van der Waals surface area contributed by atoms with Crippen molar-refractivity contribution in [2.75, 3.05) is 25.1 Å². The quantitative estimate of drug-likeness (QED) is 0.391. The largest absolute Gasteiger partial charge is 0.496 e. The van der Waals surface area contributed by atoms with Crippen LogP contribution in [0.25, 0.3) is 33.2 Å². The van der Waals surface area contributed by atoms with Crippen molar-refractivity contribution in [3.63, 3.8) is 0 Å². The number of fused-ring (bicyclic) bond motifs is 2. The van der Waals surface area contributed by atoms with Gasteiger partial charge in [0.2, 0.25) is 0 Å². The second kappa shape index (κ2) is 7.60. The number of aromatic amines is 2. The van der Waals surface area contributed by atoms with Crippen LogP contribution >= 0.6 is 0 Å². The molecule has 8 heteroatoms. The van der Waals surface area contributed by atoms with Crippen molar-refractivity contribution in [3.05, 3.63) is 66.9 Å². The number of imidazole rings is 1. The summed E-state index contributed by atoms with van der Waals surface area (Å²) < 4.78 is 5.53. The van der Waals surface area contributed by atoms with Crippen LogP contribution in [0.5, 0.6) is 5.75 Å². The first kappa shape index (κ1) is 19.8. The molecule has 5 aromatic rings. The van der Waals surface area contributed by atoms with E-state index in [0.29, 0.717) is 0 Å². The Morgan fingerprint density at radius 1 is 1.06 bits per heavy atom. The zero-order valence-electron chi connectivity index (χ0n) is 18.4. The van der Waals surface area contributed by atoms with Gasteiger partial charge in [0, 0.05) is 24.8 Å². The van der Waals surface area contributed by atoms with Gasteiger partial charge < -0.3 is 25.3 Å². The second-order valence-electron chi connectivity index (χ2n) is 8.60. The van der Waals surface area contributed by atoms with E-state index in [-0.39, 0.29) is 0 Å². The number of anilines is 1. The molecule has 0 atom stereocenters. The maximum atomic E-state index is 6.89. The first-order valence-electron chi connectivity index (χ1n) is 11.1. The van der Waals surface area contributed by atoms with Crippen molar-refractivity contribution in [3.8, 4) is 16.9 Å². The molecule has 0 unspecified atom stereocenters. The molecule has 166 valence electrons. The number of hydrogen-bond donors (Lipinski definition) is 3. The molecule has 0 spiro atoms. The van der Waals surface area contributed by atoms with E-state index in [2.05, 4.69) is 43.0 Å². The van der Waals surface area contributed by atoms with Crippen LogP contribution in [0.15, 0.2) is 61.1 Å². The van der Waals surface area contributed by atoms with Gasteiger partial charge in [-0.25, -0.2) is 15.0 Å². The predicted octanol–water partition coefficient (Wildman–Crippen LogP) is 3.96. The van der Waals surface area contributed by atoms with Crippen LogP contribution in [0.2, 0.25) is 0 Å². The summed E-state index contributed by atoms with van der Waals surface area (Å²) in [5, 5.41) is 1.04. The van der Waals surface area contributed by atoms with Gasteiger partial charge in [-0.05, 0) is 42.7 Å². The Bertz CT molecular complexity index is 1450. The zero-order chi connectivity index (χ0) is 22.4. The molecule has 1 saturated heterocycles. The smallest absolute Gasteiger partial charge is 0.142 e. The average Bonchev–Trinajstić information content (AvgIpc) is 3.51. The first-order chi connectivity index (χ1) is 16.1. The van der Waals surface area contributed by atoms with Crippen LogP contribution in [0.3, 0.4) is 0 Å². The maximum absolute atomic E-state index is 6.89. The highest BCUT2D eigenvalue weighted by molar-refractivity contribution is 5.87. The van der Waals surface area contributed by atoms with Crippen molar-refractivity contribution < 1.29 is 4.74 Å². The van der Waals surface area contributed by atoms with Crippen LogP contribution in [0.1, 0.15) is 18.7 Å². The molecule has 2 aromatic carbocycles. The third-order valence-electron chi connectivity index (χ3n) is 6.66. The summed E-state index contributed by atoms with van der Waals surface area (Å²) >= 11 is 0. The minimum atomic E-state index is -0.510. The van der Waals surface area contributed by atoms with Gasteiger partial charge in [-0.15, -0.1) is 0 Å². The van der Waals surface area contributed by atoms with E-state index in [0.717, 1.165) is 76.5 Å². The van der Waals surface area contributed by atoms with E-state index in [1.807, 2.05) is 36.5 Å². The standard InChI is InChI=1S/C25H25N7O/c1-33-21-5-3-2-4-17(21)16-6-7-19-20(14-16)31-24(30-19)25(26)9-12-32(13-10-25)23-18-8-11-27-22(18)28-15-29-23/h2-8,11,14-15H,9-10,12-13,26H2,1H3,(H,30,31)(H,27,28,29). The lowest BCUT2D eigenvalue weighted by molar-refractivity contribution is 0.327. The monoisotopic (exact) mass is 439 g/mol. The summed E-state index contributed by atoms with van der Waals surface area (Å²) in [7, 11) is 1.69. The topological polar surface area (TPSA) is 109 Å². The lowest BCUT2D eigenvalue weighted by atomic mass is 9.88. The van der Waals surface area contributed by atoms with E-state index in [1.54, 1.807) is 13.4 Å². The number of hydrogen-bond acceptors (Lipinski definition) is 6. The maximum Gasteiger partial charge on any atom is 0.142 e. The number of H-pyrrole nitrogens is 2. The second-order valence-corrected chi connectivity index (χ2v) is 8.60. The van der Waals surface area contributed by atoms with Crippen molar-refractivity contribution >= 4 is 27.9 Å². The van der Waals surface area contributed by atoms with Crippen LogP contribution in [0, 0.1) is 0 Å². The van der Waals surface area contributed by atoms with E-state index in [1.165, 1.54) is 0 Å². The number of methoxy groups -OCH3 is 1. The lowest BCUT2D eigenvalue weighted by Crippen LogP contribution is -2.49. The van der Waals surface area contributed by atoms with Gasteiger partial charge in [-0.1, -0.05) is 24.3 Å². The van der Waals surface area contributed by atoms with Crippen molar-refractivity contribution in [1.29, 1.82) is 0 Å². The molecule has 1 aliphatic heterocycles. The van der Waals surface area contributed by atoms with Gasteiger partial charge >= 0.3 is 0 Å². The summed E-state index contributed by atoms with van der Waals surface area (Å²) in [6.07, 6.45) is 5.06. The highest BCUT2D eigenvalue weighted by Gasteiger charge is 2.36. The van der Waals surface area contributed by atoms with Gasteiger partial charge in [0.05, 0.1) is 29.1 Å². The molecule has 1 aliphatic rings. The number of para-hydroxylation sites is 1. The van der Waals surface area contributed by atoms with Gasteiger partial charge in [-0.3, -0.25) is 0 Å². The fraction of sp³-hybridized carbons (Fsp3) is 0.240. The minimum absolute atomic E-state index is 0.510. The molecule has 6 rings (SSSR count). The number of piperidine rings is 1. The van der Waals surface area contributed by atoms with Crippen LogP contribution in [-0.2, 0) is 5.54 Å². The molecule has 0 saturated carbocycles. The van der Waals surface area contributed by atoms with E-state index < -0.39 is 5.54 Å². The summed E-state index contributed by atoms with van der Waals surface area (Å²) in [6, 6.07) is 16.3. The highest BCUT2D eigenvalue weighted by Crippen LogP contribution is 2.35. The number of benzene rings is 2. The van der Waals surface area contributed by atoms with Gasteiger partial charge in [0.25, 0.3) is 0 Å². The number of ether oxygens (including phenoxy) is 1. The van der Waals surface area contributed by atoms with E-state index in [4.69, 9.17) is 15.5 Å². The molecule has 1 fully saturated rings. The molecule has 33 heavy (non-hydrogen) atoms. The molecule has 4 heterocycles. The van der Waals surface area contributed by atoms with E-state index >= 15 is 0 Å². The first-order valence-corrected chi connectivity index (χ1v) is 11.1. The molecular formula is C25H25N7O. The van der Waals surface area contributed by atoms with Crippen LogP contribution < -0.4 is 15.4 Å². The Balaban J connectivity index is 1.27. The lowest BCUT2D eigenvalue weighted by Gasteiger charge is -2.38. The SMILES string of the molecule is COc1ccccc1-c1ccc2nc(C3(N)CCN(c4ncnc5[nH]ccc45)CC3)[nH]c2c1. The van der Waals surface area contributed by atoms with Crippen molar-refractivity contribution in [2.45, 2.75) is 18.4 Å². The Morgan fingerprint density at radius 3 is 2.76 bits per heavy atom. The fourth-order valence-corrected chi connectivity index (χ4v) is 4.76. The molecule has 4 N–H and O–H groups in total. The van der Waals surface area contributed by atoms with Gasteiger partial charge in [0.1, 0.15) is 29.4 Å². The van der Waals surface area contributed by atoms with E-state index in [9.17, 15) is 0 Å². The fourth-order valence-electron chi connectivity index (χ4n) is 4.76. The summed E-state index contributed by atoms with van der Waals surface area (Å²) in [6.45, 7) is 1.61. The molecule has 0 radical (unpaired) electrons. The number of nitrogens with two attached hydrogens (primary N) is 1. The molecule has 3 aromatic heterocycles. The minimum Gasteiger partial charge on any atom is -0.496 e. The zero-order valence-corrected chi connectivity index (χ0v) is 18.4. The highest BCUT2D eigenvalue weighted by atomic mass is 16.5. The molecule has 8 nitrogen and oxygen atoms in total. The summed E-state index contributed by atoms with van der Waals surface area (Å²) in [4.78, 5) is 22.6. The third kappa shape index (κ3) is 3.30. The van der Waals surface area contributed by atoms with Crippen LogP contribution in [0.4, 0.5) is 5.82 Å².